The van der Waals surface area contributed by atoms with Gasteiger partial charge >= 0.3 is 48.9 Å². The number of aliphatic hydroxyl groups excluding tert-OH is 1. The van der Waals surface area contributed by atoms with Crippen molar-refractivity contribution in [1.29, 1.82) is 0 Å². The second-order valence-electron chi connectivity index (χ2n) is 2.59. The van der Waals surface area contributed by atoms with Crippen molar-refractivity contribution in [1.82, 2.24) is 0 Å². The predicted octanol–water partition coefficient (Wildman–Crippen LogP) is -1.79. The van der Waals surface area contributed by atoms with Crippen molar-refractivity contribution in [2.24, 2.45) is 0 Å². The molecule has 0 radical (unpaired) electrons. The summed E-state index contributed by atoms with van der Waals surface area (Å²) in [6.07, 6.45) is -2.31. The Labute approximate surface area is 135 Å². The second-order valence-corrected chi connectivity index (χ2v) is 3.74. The monoisotopic (exact) mass is 380 g/mol. The summed E-state index contributed by atoms with van der Waals surface area (Å²) in [5.41, 5.74) is 0. The molecule has 0 unspecified atom stereocenters. The first-order valence-corrected chi connectivity index (χ1v) is 5.94. The van der Waals surface area contributed by atoms with Crippen molar-refractivity contribution in [2.45, 2.75) is 26.2 Å². The molecule has 0 heterocycles. The van der Waals surface area contributed by atoms with Gasteiger partial charge in [0.25, 0.3) is 0 Å². The topological polar surface area (TPSA) is 111 Å². The van der Waals surface area contributed by atoms with E-state index in [0.717, 1.165) is 0 Å². The number of rotatable bonds is 8. The molecule has 1 atom stereocenters. The molecule has 0 aliphatic heterocycles. The summed E-state index contributed by atoms with van der Waals surface area (Å²) in [7, 11) is -5.07. The van der Waals surface area contributed by atoms with E-state index in [4.69, 9.17) is 9.47 Å². The Morgan fingerprint density at radius 1 is 1.25 bits per heavy atom. The standard InChI is InChI=1S/C7H17O7P.Ba/c1-3-12-7(13-4-2)6(8)5-14-15(9,10)11;/h6-8H,3-5H2,1-2H3,(H2,9,10,11);/q;+2/p-2/t6-;/m0./s1. The number of hydrogen-bond donors (Lipinski definition) is 1. The van der Waals surface area contributed by atoms with E-state index in [1.165, 1.54) is 0 Å². The van der Waals surface area contributed by atoms with Gasteiger partial charge in [-0.15, -0.1) is 0 Å². The van der Waals surface area contributed by atoms with Crippen LogP contribution in [0.5, 0.6) is 0 Å². The molecule has 1 N–H and O–H groups in total. The van der Waals surface area contributed by atoms with Crippen molar-refractivity contribution >= 4 is 56.7 Å². The molecule has 0 aromatic rings. The van der Waals surface area contributed by atoms with E-state index in [1.54, 1.807) is 13.8 Å². The molecule has 16 heavy (non-hydrogen) atoms. The van der Waals surface area contributed by atoms with E-state index in [0.29, 0.717) is 0 Å². The van der Waals surface area contributed by atoms with Crippen LogP contribution in [0.3, 0.4) is 0 Å². The van der Waals surface area contributed by atoms with Crippen molar-refractivity contribution in [3.8, 4) is 0 Å². The zero-order chi connectivity index (χ0) is 11.9. The quantitative estimate of drug-likeness (QED) is 0.301. The molecule has 0 rings (SSSR count). The molecule has 0 fully saturated rings. The van der Waals surface area contributed by atoms with Crippen LogP contribution in [0.25, 0.3) is 0 Å². The van der Waals surface area contributed by atoms with Crippen LogP contribution in [-0.4, -0.2) is 86.2 Å². The molecule has 0 bridgehead atoms. The number of hydrogen-bond acceptors (Lipinski definition) is 7. The van der Waals surface area contributed by atoms with Gasteiger partial charge in [-0.25, -0.2) is 0 Å². The Bertz CT molecular complexity index is 203. The molecule has 9 heteroatoms. The number of aliphatic hydroxyl groups is 1. The van der Waals surface area contributed by atoms with Crippen molar-refractivity contribution < 1.29 is 33.5 Å². The first-order chi connectivity index (χ1) is 6.90. The summed E-state index contributed by atoms with van der Waals surface area (Å²) < 4.78 is 24.0. The Kier molecular flexibility index (Phi) is 13.0. The first-order valence-electron chi connectivity index (χ1n) is 4.48. The molecule has 0 aromatic carbocycles. The molecule has 0 aromatic heterocycles. The van der Waals surface area contributed by atoms with Gasteiger partial charge in [0.1, 0.15) is 6.10 Å². The third kappa shape index (κ3) is 10.7. The summed E-state index contributed by atoms with van der Waals surface area (Å²) in [6.45, 7) is 3.27. The number of phosphoric acid groups is 1. The summed E-state index contributed by atoms with van der Waals surface area (Å²) in [5.74, 6) is 0. The number of phosphoric ester groups is 1. The molecule has 0 aliphatic rings. The van der Waals surface area contributed by atoms with Crippen LogP contribution < -0.4 is 9.79 Å². The smallest absolute Gasteiger partial charge is 0.790 e. The average Bonchev–Trinajstić information content (AvgIpc) is 2.13. The van der Waals surface area contributed by atoms with Gasteiger partial charge in [0.05, 0.1) is 14.4 Å². The van der Waals surface area contributed by atoms with Gasteiger partial charge in [-0.3, -0.25) is 0 Å². The van der Waals surface area contributed by atoms with Crippen molar-refractivity contribution in [2.75, 3.05) is 19.8 Å². The minimum Gasteiger partial charge on any atom is -0.790 e. The average molecular weight is 379 g/mol. The maximum atomic E-state index is 10.1. The summed E-state index contributed by atoms with van der Waals surface area (Å²) >= 11 is 0. The van der Waals surface area contributed by atoms with E-state index in [-0.39, 0.29) is 62.1 Å². The SMILES string of the molecule is CCOC(OCC)[C@@H](O)COP(=O)([O-])[O-].[Ba+2]. The largest absolute Gasteiger partial charge is 2.00 e. The fourth-order valence-corrected chi connectivity index (χ4v) is 1.18. The first kappa shape index (κ1) is 19.9. The van der Waals surface area contributed by atoms with Gasteiger partial charge in [0.15, 0.2) is 6.29 Å². The van der Waals surface area contributed by atoms with E-state index < -0.39 is 26.8 Å². The number of ether oxygens (including phenoxy) is 2. The summed E-state index contributed by atoms with van der Waals surface area (Å²) in [4.78, 5) is 20.3. The van der Waals surface area contributed by atoms with E-state index >= 15 is 0 Å². The van der Waals surface area contributed by atoms with Crippen LogP contribution in [0, 0.1) is 0 Å². The molecule has 92 valence electrons. The normalized spacial score (nSPS) is 13.6. The maximum Gasteiger partial charge on any atom is 2.00 e. The van der Waals surface area contributed by atoms with Crippen LogP contribution in [0.4, 0.5) is 0 Å². The molecule has 0 amide bonds. The Morgan fingerprint density at radius 3 is 2.00 bits per heavy atom. The fourth-order valence-electron chi connectivity index (χ4n) is 0.845. The van der Waals surface area contributed by atoms with Gasteiger partial charge in [-0.05, 0) is 13.8 Å². The van der Waals surface area contributed by atoms with Crippen LogP contribution in [0.2, 0.25) is 0 Å². The summed E-state index contributed by atoms with van der Waals surface area (Å²) in [6, 6.07) is 0. The minimum absolute atomic E-state index is 0. The van der Waals surface area contributed by atoms with Crippen LogP contribution in [0.1, 0.15) is 13.8 Å². The molecule has 0 spiro atoms. The second kappa shape index (κ2) is 10.5. The van der Waals surface area contributed by atoms with Crippen LogP contribution in [0.15, 0.2) is 0 Å². The molecule has 7 nitrogen and oxygen atoms in total. The van der Waals surface area contributed by atoms with Gasteiger partial charge in [0.2, 0.25) is 0 Å². The van der Waals surface area contributed by atoms with Crippen molar-refractivity contribution in [3.05, 3.63) is 0 Å². The molecular formula is C7H15BaO7P. The fraction of sp³-hybridized carbons (Fsp3) is 1.00. The molecule has 0 saturated heterocycles. The van der Waals surface area contributed by atoms with E-state index in [1.807, 2.05) is 0 Å². The zero-order valence-electron chi connectivity index (χ0n) is 9.33. The third-order valence-corrected chi connectivity index (χ3v) is 1.84. The van der Waals surface area contributed by atoms with Crippen molar-refractivity contribution in [3.63, 3.8) is 0 Å². The molecule has 0 aliphatic carbocycles. The van der Waals surface area contributed by atoms with E-state index in [2.05, 4.69) is 4.52 Å². The molecular weight excluding hydrogens is 364 g/mol. The summed E-state index contributed by atoms with van der Waals surface area (Å²) in [5, 5.41) is 9.36. The predicted molar refractivity (Wildman–Crippen MR) is 52.4 cm³/mol. The Balaban J connectivity index is 0. The van der Waals surface area contributed by atoms with Gasteiger partial charge in [-0.2, -0.15) is 0 Å². The van der Waals surface area contributed by atoms with E-state index in [9.17, 15) is 19.5 Å². The van der Waals surface area contributed by atoms with Gasteiger partial charge in [0, 0.05) is 13.2 Å². The zero-order valence-corrected chi connectivity index (χ0v) is 14.7. The molecule has 0 saturated carbocycles. The third-order valence-electron chi connectivity index (χ3n) is 1.38. The maximum absolute atomic E-state index is 10.1. The van der Waals surface area contributed by atoms with Gasteiger partial charge < -0.3 is 33.5 Å². The van der Waals surface area contributed by atoms with Crippen LogP contribution in [-0.2, 0) is 18.6 Å². The Morgan fingerprint density at radius 2 is 1.69 bits per heavy atom. The van der Waals surface area contributed by atoms with Crippen LogP contribution >= 0.6 is 7.82 Å². The van der Waals surface area contributed by atoms with Gasteiger partial charge in [-0.1, -0.05) is 0 Å². The Hall–Kier alpha value is 1.56. The minimum atomic E-state index is -5.07.